The Morgan fingerprint density at radius 1 is 1.17 bits per heavy atom. The van der Waals surface area contributed by atoms with E-state index < -0.39 is 0 Å². The van der Waals surface area contributed by atoms with Crippen molar-refractivity contribution in [1.29, 1.82) is 0 Å². The Bertz CT molecular complexity index is 794. The Balaban J connectivity index is 2.09. The minimum atomic E-state index is -0.0413. The number of hydrogen-bond donors (Lipinski definition) is 1. The van der Waals surface area contributed by atoms with E-state index in [4.69, 9.17) is 9.47 Å². The highest BCUT2D eigenvalue weighted by atomic mass is 16.7. The normalized spacial score (nSPS) is 12.5. The van der Waals surface area contributed by atoms with Gasteiger partial charge in [0.1, 0.15) is 5.69 Å². The highest BCUT2D eigenvalue weighted by molar-refractivity contribution is 5.58. The number of benzene rings is 1. The van der Waals surface area contributed by atoms with Crippen LogP contribution in [0.1, 0.15) is 29.3 Å². The number of aromatic amines is 1. The maximum absolute atomic E-state index is 12.4. The number of H-pyrrole nitrogens is 1. The average Bonchev–Trinajstić information content (AvgIpc) is 2.94. The number of aryl methyl sites for hydroxylation is 1. The van der Waals surface area contributed by atoms with E-state index in [2.05, 4.69) is 11.9 Å². The summed E-state index contributed by atoms with van der Waals surface area (Å²) in [5.74, 6) is 1.55. The van der Waals surface area contributed by atoms with Crippen molar-refractivity contribution in [3.8, 4) is 11.5 Å². The van der Waals surface area contributed by atoms with Crippen molar-refractivity contribution in [3.63, 3.8) is 0 Å². The van der Waals surface area contributed by atoms with Crippen molar-refractivity contribution in [3.05, 3.63) is 50.9 Å². The van der Waals surface area contributed by atoms with Gasteiger partial charge in [0.2, 0.25) is 6.79 Å². The molecular formula is C18H22N2O3. The number of fused-ring (bicyclic) bond motifs is 1. The number of hydrogen-bond acceptors (Lipinski definition) is 4. The first-order valence-electron chi connectivity index (χ1n) is 7.81. The molecule has 0 radical (unpaired) electrons. The first-order chi connectivity index (χ1) is 11.0. The van der Waals surface area contributed by atoms with Crippen LogP contribution in [0.25, 0.3) is 0 Å². The van der Waals surface area contributed by atoms with Gasteiger partial charge in [-0.05, 0) is 42.2 Å². The predicted molar refractivity (Wildman–Crippen MR) is 90.9 cm³/mol. The lowest BCUT2D eigenvalue weighted by Gasteiger charge is -2.21. The molecule has 0 saturated heterocycles. The predicted octanol–water partition coefficient (Wildman–Crippen LogP) is 2.63. The largest absolute Gasteiger partial charge is 0.454 e. The Labute approximate surface area is 135 Å². The Hall–Kier alpha value is -2.43. The van der Waals surface area contributed by atoms with Crippen molar-refractivity contribution < 1.29 is 9.47 Å². The maximum Gasteiger partial charge on any atom is 0.271 e. The molecule has 0 fully saturated rings. The summed E-state index contributed by atoms with van der Waals surface area (Å²) in [6, 6.07) is 5.96. The average molecular weight is 314 g/mol. The molecule has 5 nitrogen and oxygen atoms in total. The lowest BCUT2D eigenvalue weighted by atomic mass is 9.95. The second-order valence-electron chi connectivity index (χ2n) is 6.00. The monoisotopic (exact) mass is 314 g/mol. The number of anilines is 1. The van der Waals surface area contributed by atoms with Crippen LogP contribution >= 0.6 is 0 Å². The SMILES string of the molecule is CCc1c(C)[nH]c(=O)c(N(C)C)c1Cc1ccc2c(c1)OCO2. The molecule has 1 aromatic carbocycles. The fourth-order valence-corrected chi connectivity index (χ4v) is 3.21. The third kappa shape index (κ3) is 2.79. The summed E-state index contributed by atoms with van der Waals surface area (Å²) < 4.78 is 10.8. The second kappa shape index (κ2) is 5.99. The van der Waals surface area contributed by atoms with E-state index in [1.807, 2.05) is 44.1 Å². The van der Waals surface area contributed by atoms with Gasteiger partial charge in [0.15, 0.2) is 11.5 Å². The molecule has 2 aromatic rings. The summed E-state index contributed by atoms with van der Waals surface area (Å²) in [6.07, 6.45) is 1.57. The van der Waals surface area contributed by atoms with E-state index in [1.54, 1.807) is 0 Å². The zero-order valence-electron chi connectivity index (χ0n) is 14.0. The minimum absolute atomic E-state index is 0.0413. The van der Waals surface area contributed by atoms with Crippen LogP contribution in [-0.4, -0.2) is 25.9 Å². The molecule has 3 rings (SSSR count). The van der Waals surface area contributed by atoms with Gasteiger partial charge in [-0.1, -0.05) is 13.0 Å². The first-order valence-corrected chi connectivity index (χ1v) is 7.81. The highest BCUT2D eigenvalue weighted by Gasteiger charge is 2.19. The van der Waals surface area contributed by atoms with Gasteiger partial charge in [0.05, 0.1) is 0 Å². The van der Waals surface area contributed by atoms with Crippen molar-refractivity contribution in [2.75, 3.05) is 25.8 Å². The molecule has 2 heterocycles. The quantitative estimate of drug-likeness (QED) is 0.942. The van der Waals surface area contributed by atoms with Crippen LogP contribution in [0, 0.1) is 6.92 Å². The first kappa shape index (κ1) is 15.5. The number of ether oxygens (including phenoxy) is 2. The fourth-order valence-electron chi connectivity index (χ4n) is 3.21. The van der Waals surface area contributed by atoms with Crippen molar-refractivity contribution in [1.82, 2.24) is 4.98 Å². The van der Waals surface area contributed by atoms with Crippen molar-refractivity contribution in [2.45, 2.75) is 26.7 Å². The van der Waals surface area contributed by atoms with Gasteiger partial charge in [-0.25, -0.2) is 0 Å². The molecule has 0 saturated carbocycles. The van der Waals surface area contributed by atoms with E-state index >= 15 is 0 Å². The van der Waals surface area contributed by atoms with Crippen molar-refractivity contribution >= 4 is 5.69 Å². The molecule has 23 heavy (non-hydrogen) atoms. The minimum Gasteiger partial charge on any atom is -0.454 e. The number of rotatable bonds is 4. The van der Waals surface area contributed by atoms with E-state index in [-0.39, 0.29) is 12.4 Å². The molecule has 1 aliphatic rings. The van der Waals surface area contributed by atoms with Crippen LogP contribution in [0.2, 0.25) is 0 Å². The van der Waals surface area contributed by atoms with Crippen LogP contribution in [0.15, 0.2) is 23.0 Å². The van der Waals surface area contributed by atoms with Gasteiger partial charge in [-0.3, -0.25) is 4.79 Å². The number of aromatic nitrogens is 1. The van der Waals surface area contributed by atoms with E-state index in [0.29, 0.717) is 6.42 Å². The second-order valence-corrected chi connectivity index (χ2v) is 6.00. The Kier molecular flexibility index (Phi) is 4.03. The smallest absolute Gasteiger partial charge is 0.271 e. The number of nitrogens with zero attached hydrogens (tertiary/aromatic N) is 1. The Morgan fingerprint density at radius 3 is 2.61 bits per heavy atom. The van der Waals surface area contributed by atoms with Gasteiger partial charge < -0.3 is 19.4 Å². The molecule has 0 amide bonds. The summed E-state index contributed by atoms with van der Waals surface area (Å²) >= 11 is 0. The van der Waals surface area contributed by atoms with Crippen LogP contribution < -0.4 is 19.9 Å². The summed E-state index contributed by atoms with van der Waals surface area (Å²) in [5, 5.41) is 0. The van der Waals surface area contributed by atoms with E-state index in [9.17, 15) is 4.79 Å². The molecule has 1 N–H and O–H groups in total. The molecule has 0 aliphatic carbocycles. The van der Waals surface area contributed by atoms with Gasteiger partial charge in [0, 0.05) is 26.2 Å². The highest BCUT2D eigenvalue weighted by Crippen LogP contribution is 2.34. The summed E-state index contributed by atoms with van der Waals surface area (Å²) in [4.78, 5) is 17.3. The standard InChI is InChI=1S/C18H22N2O3/c1-5-13-11(2)19-18(21)17(20(3)4)14(13)8-12-6-7-15-16(9-12)23-10-22-15/h6-7,9H,5,8,10H2,1-4H3,(H,19,21). The molecule has 0 bridgehead atoms. The molecule has 0 unspecified atom stereocenters. The molecule has 0 spiro atoms. The third-order valence-corrected chi connectivity index (χ3v) is 4.24. The number of pyridine rings is 1. The zero-order valence-corrected chi connectivity index (χ0v) is 14.0. The zero-order chi connectivity index (χ0) is 16.6. The molecule has 1 aromatic heterocycles. The summed E-state index contributed by atoms with van der Waals surface area (Å²) in [5.41, 5.74) is 5.02. The van der Waals surface area contributed by atoms with E-state index in [1.165, 1.54) is 5.56 Å². The Morgan fingerprint density at radius 2 is 1.91 bits per heavy atom. The lowest BCUT2D eigenvalue weighted by molar-refractivity contribution is 0.174. The van der Waals surface area contributed by atoms with Crippen LogP contribution in [0.5, 0.6) is 11.5 Å². The third-order valence-electron chi connectivity index (χ3n) is 4.24. The molecule has 0 atom stereocenters. The van der Waals surface area contributed by atoms with Crippen LogP contribution in [0.4, 0.5) is 5.69 Å². The van der Waals surface area contributed by atoms with E-state index in [0.717, 1.165) is 40.4 Å². The fraction of sp³-hybridized carbons (Fsp3) is 0.389. The molecule has 1 aliphatic heterocycles. The molecular weight excluding hydrogens is 292 g/mol. The molecule has 5 heteroatoms. The van der Waals surface area contributed by atoms with Gasteiger partial charge in [0.25, 0.3) is 5.56 Å². The van der Waals surface area contributed by atoms with Crippen molar-refractivity contribution in [2.24, 2.45) is 0 Å². The van der Waals surface area contributed by atoms with Crippen LogP contribution in [0.3, 0.4) is 0 Å². The maximum atomic E-state index is 12.4. The summed E-state index contributed by atoms with van der Waals surface area (Å²) in [6.45, 7) is 4.35. The molecule has 122 valence electrons. The van der Waals surface area contributed by atoms with Gasteiger partial charge >= 0.3 is 0 Å². The van der Waals surface area contributed by atoms with Gasteiger partial charge in [-0.15, -0.1) is 0 Å². The summed E-state index contributed by atoms with van der Waals surface area (Å²) in [7, 11) is 3.81. The van der Waals surface area contributed by atoms with Crippen LogP contribution in [-0.2, 0) is 12.8 Å². The number of nitrogens with one attached hydrogen (secondary N) is 1. The van der Waals surface area contributed by atoms with Gasteiger partial charge in [-0.2, -0.15) is 0 Å². The topological polar surface area (TPSA) is 54.6 Å². The lowest BCUT2D eigenvalue weighted by Crippen LogP contribution is -2.25.